The molecule has 1 amide bonds. The Morgan fingerprint density at radius 1 is 1.31 bits per heavy atom. The number of halogens is 3. The van der Waals surface area contributed by atoms with Gasteiger partial charge in [-0.3, -0.25) is 18.6 Å². The zero-order valence-electron chi connectivity index (χ0n) is 20.3. The summed E-state index contributed by atoms with van der Waals surface area (Å²) in [6.45, 7) is 7.26. The van der Waals surface area contributed by atoms with E-state index in [4.69, 9.17) is 9.08 Å². The van der Waals surface area contributed by atoms with E-state index in [1.807, 2.05) is 20.8 Å². The number of carbonyl (C=O) groups is 1. The first kappa shape index (κ1) is 28.2. The van der Waals surface area contributed by atoms with Gasteiger partial charge in [-0.1, -0.05) is 20.8 Å². The first-order valence-corrected chi connectivity index (χ1v) is 13.6. The quantitative estimate of drug-likeness (QED) is 0.292. The van der Waals surface area contributed by atoms with Crippen LogP contribution in [0, 0.1) is 5.41 Å². The van der Waals surface area contributed by atoms with Crippen LogP contribution in [0.5, 0.6) is 0 Å². The second kappa shape index (κ2) is 9.47. The van der Waals surface area contributed by atoms with E-state index < -0.39 is 59.0 Å². The molecule has 3 atom stereocenters. The second-order valence-electron chi connectivity index (χ2n) is 9.66. The molecule has 0 saturated heterocycles. The Balaban J connectivity index is 2.15. The standard InChI is InChI=1S/C21H28F3N4O6PS/c1-6-34-35(31)14-11-12(27-36(32)33)7-8-13(14)25-17(26-35)15-16(29)20(5,21(22,23)24)28(18(15)30)10-9-19(2,3)4/h7-8,11,27,29H,6,9-10H2,1-5H3,(H,32,33)(H,25,26,31). The van der Waals surface area contributed by atoms with Gasteiger partial charge in [0.25, 0.3) is 17.2 Å². The lowest BCUT2D eigenvalue weighted by molar-refractivity contribution is -0.216. The van der Waals surface area contributed by atoms with Crippen molar-refractivity contribution in [2.24, 2.45) is 10.2 Å². The average Bonchev–Trinajstić information content (AvgIpc) is 2.92. The molecule has 0 aliphatic carbocycles. The van der Waals surface area contributed by atoms with Crippen molar-refractivity contribution in [1.29, 1.82) is 0 Å². The molecule has 36 heavy (non-hydrogen) atoms. The summed E-state index contributed by atoms with van der Waals surface area (Å²) < 4.78 is 88.2. The summed E-state index contributed by atoms with van der Waals surface area (Å²) in [7, 11) is -4.17. The van der Waals surface area contributed by atoms with Crippen LogP contribution in [0.2, 0.25) is 0 Å². The second-order valence-corrected chi connectivity index (χ2v) is 12.3. The molecule has 0 bridgehead atoms. The molecular weight excluding hydrogens is 524 g/mol. The number of benzene rings is 1. The maximum atomic E-state index is 14.3. The summed E-state index contributed by atoms with van der Waals surface area (Å²) in [5.74, 6) is -2.91. The Kier molecular flexibility index (Phi) is 7.41. The number of aliphatic hydroxyl groups is 1. The predicted molar refractivity (Wildman–Crippen MR) is 131 cm³/mol. The third-order valence-corrected chi connectivity index (χ3v) is 8.33. The van der Waals surface area contributed by atoms with E-state index in [0.29, 0.717) is 11.8 Å². The number of fused-ring (bicyclic) bond motifs is 1. The molecule has 10 nitrogen and oxygen atoms in total. The SMILES string of the molecule is CCOP1(=O)N=C(C2=C(O)C(C)(C(F)(F)F)N(CCC(C)(C)C)C2=O)Nc2ccc(NS(=O)O)cc21. The van der Waals surface area contributed by atoms with Gasteiger partial charge in [-0.25, -0.2) is 4.21 Å². The van der Waals surface area contributed by atoms with E-state index in [-0.39, 0.29) is 36.3 Å². The van der Waals surface area contributed by atoms with Gasteiger partial charge < -0.3 is 19.8 Å². The maximum absolute atomic E-state index is 14.3. The molecule has 200 valence electrons. The molecule has 2 heterocycles. The Hall–Kier alpha value is -2.41. The van der Waals surface area contributed by atoms with Crippen LogP contribution in [0.3, 0.4) is 0 Å². The Morgan fingerprint density at radius 3 is 2.47 bits per heavy atom. The van der Waals surface area contributed by atoms with Gasteiger partial charge in [-0.05, 0) is 43.9 Å². The summed E-state index contributed by atoms with van der Waals surface area (Å²) in [5.41, 5.74) is -4.00. The molecule has 3 rings (SSSR count). The Labute approximate surface area is 208 Å². The highest BCUT2D eigenvalue weighted by atomic mass is 32.2. The van der Waals surface area contributed by atoms with Crippen molar-refractivity contribution in [3.8, 4) is 0 Å². The van der Waals surface area contributed by atoms with Crippen LogP contribution in [0.15, 0.2) is 34.3 Å². The van der Waals surface area contributed by atoms with Crippen molar-refractivity contribution >= 4 is 47.2 Å². The summed E-state index contributed by atoms with van der Waals surface area (Å²) in [6.07, 6.45) is -4.81. The van der Waals surface area contributed by atoms with Crippen LogP contribution in [0.1, 0.15) is 41.0 Å². The first-order valence-electron chi connectivity index (χ1n) is 10.9. The highest BCUT2D eigenvalue weighted by Crippen LogP contribution is 2.54. The maximum Gasteiger partial charge on any atom is 0.418 e. The van der Waals surface area contributed by atoms with Gasteiger partial charge in [0.2, 0.25) is 0 Å². The van der Waals surface area contributed by atoms with Crippen LogP contribution in [0.25, 0.3) is 0 Å². The number of alkyl halides is 3. The third kappa shape index (κ3) is 5.04. The fourth-order valence-corrected chi connectivity index (χ4v) is 5.98. The molecule has 0 fully saturated rings. The summed E-state index contributed by atoms with van der Waals surface area (Å²) >= 11 is -2.43. The molecule has 2 aliphatic rings. The Bertz CT molecular complexity index is 1210. The van der Waals surface area contributed by atoms with Crippen LogP contribution in [-0.2, 0) is 25.1 Å². The van der Waals surface area contributed by atoms with Gasteiger partial charge in [0, 0.05) is 12.2 Å². The minimum absolute atomic E-state index is 0.0303. The highest BCUT2D eigenvalue weighted by molar-refractivity contribution is 7.80. The minimum Gasteiger partial charge on any atom is -0.508 e. The van der Waals surface area contributed by atoms with Crippen molar-refractivity contribution in [3.63, 3.8) is 0 Å². The lowest BCUT2D eigenvalue weighted by atomic mass is 9.90. The molecule has 2 aliphatic heterocycles. The van der Waals surface area contributed by atoms with Gasteiger partial charge in [-0.2, -0.15) is 17.9 Å². The van der Waals surface area contributed by atoms with E-state index >= 15 is 0 Å². The van der Waals surface area contributed by atoms with E-state index in [1.165, 1.54) is 25.1 Å². The highest BCUT2D eigenvalue weighted by Gasteiger charge is 2.65. The topological polar surface area (TPSA) is 141 Å². The number of anilines is 2. The number of nitrogens with zero attached hydrogens (tertiary/aromatic N) is 2. The number of carbonyl (C=O) groups excluding carboxylic acids is 1. The number of nitrogens with one attached hydrogen (secondary N) is 2. The predicted octanol–water partition coefficient (Wildman–Crippen LogP) is 4.33. The number of rotatable bonds is 7. The molecule has 0 spiro atoms. The summed E-state index contributed by atoms with van der Waals surface area (Å²) in [5, 5.41) is 13.5. The minimum atomic E-state index is -5.02. The fraction of sp³-hybridized carbons (Fsp3) is 0.524. The fourth-order valence-electron chi connectivity index (χ4n) is 3.84. The monoisotopic (exact) mass is 552 g/mol. The van der Waals surface area contributed by atoms with Gasteiger partial charge in [0.15, 0.2) is 11.4 Å². The van der Waals surface area contributed by atoms with Crippen molar-refractivity contribution in [3.05, 3.63) is 29.5 Å². The zero-order chi connectivity index (χ0) is 27.3. The molecule has 0 radical (unpaired) electrons. The zero-order valence-corrected chi connectivity index (χ0v) is 22.0. The largest absolute Gasteiger partial charge is 0.508 e. The average molecular weight is 553 g/mol. The van der Waals surface area contributed by atoms with E-state index in [1.54, 1.807) is 0 Å². The van der Waals surface area contributed by atoms with Crippen LogP contribution in [0.4, 0.5) is 24.5 Å². The third-order valence-electron chi connectivity index (χ3n) is 5.87. The number of amides is 1. The number of amidine groups is 1. The van der Waals surface area contributed by atoms with Gasteiger partial charge >= 0.3 is 13.7 Å². The molecular formula is C21H28F3N4O6PS. The van der Waals surface area contributed by atoms with Crippen molar-refractivity contribution in [2.75, 3.05) is 23.2 Å². The van der Waals surface area contributed by atoms with Crippen LogP contribution < -0.4 is 15.3 Å². The van der Waals surface area contributed by atoms with Crippen molar-refractivity contribution in [2.45, 2.75) is 52.8 Å². The molecule has 1 aromatic carbocycles. The lowest BCUT2D eigenvalue weighted by Crippen LogP contribution is -2.57. The van der Waals surface area contributed by atoms with E-state index in [9.17, 15) is 31.8 Å². The smallest absolute Gasteiger partial charge is 0.418 e. The lowest BCUT2D eigenvalue weighted by Gasteiger charge is -2.38. The number of hydrogen-bond donors (Lipinski definition) is 4. The van der Waals surface area contributed by atoms with Gasteiger partial charge in [0.1, 0.15) is 11.3 Å². The molecule has 15 heteroatoms. The van der Waals surface area contributed by atoms with Gasteiger partial charge in [0.05, 0.1) is 17.6 Å². The van der Waals surface area contributed by atoms with Crippen molar-refractivity contribution < 1.29 is 40.9 Å². The number of aliphatic hydroxyl groups excluding tert-OH is 1. The van der Waals surface area contributed by atoms with E-state index in [2.05, 4.69) is 14.8 Å². The van der Waals surface area contributed by atoms with E-state index in [0.717, 1.165) is 0 Å². The molecule has 4 N–H and O–H groups in total. The van der Waals surface area contributed by atoms with Gasteiger partial charge in [-0.15, -0.1) is 0 Å². The Morgan fingerprint density at radius 2 is 1.94 bits per heavy atom. The molecule has 0 aromatic heterocycles. The molecule has 3 unspecified atom stereocenters. The molecule has 0 saturated carbocycles. The first-order chi connectivity index (χ1) is 16.4. The number of hydrogen-bond acceptors (Lipinski definition) is 6. The van der Waals surface area contributed by atoms with Crippen molar-refractivity contribution in [1.82, 2.24) is 4.90 Å². The summed E-state index contributed by atoms with van der Waals surface area (Å²) in [4.78, 5) is 13.9. The summed E-state index contributed by atoms with van der Waals surface area (Å²) in [6, 6.07) is 3.93. The van der Waals surface area contributed by atoms with Crippen LogP contribution in [-0.4, -0.2) is 55.4 Å². The normalized spacial score (nSPS) is 25.4. The molecule has 1 aromatic rings. The van der Waals surface area contributed by atoms with Crippen LogP contribution >= 0.6 is 7.52 Å².